The number of carbonyl (C=O) groups is 1. The van der Waals surface area contributed by atoms with Crippen molar-refractivity contribution in [3.63, 3.8) is 0 Å². The van der Waals surface area contributed by atoms with Crippen LogP contribution < -0.4 is 10.6 Å². The van der Waals surface area contributed by atoms with Crippen molar-refractivity contribution in [3.05, 3.63) is 35.9 Å². The molecule has 162 valence electrons. The maximum atomic E-state index is 12.4. The normalized spacial score (nSPS) is 20.7. The molecule has 1 aliphatic carbocycles. The lowest BCUT2D eigenvalue weighted by molar-refractivity contribution is -0.130. The summed E-state index contributed by atoms with van der Waals surface area (Å²) in [5, 5.41) is 7.04. The van der Waals surface area contributed by atoms with Crippen molar-refractivity contribution in [2.75, 3.05) is 25.9 Å². The number of hydrogen-bond acceptors (Lipinski definition) is 3. The molecule has 0 aliphatic heterocycles. The first-order chi connectivity index (χ1) is 14.0. The van der Waals surface area contributed by atoms with Gasteiger partial charge in [-0.1, -0.05) is 43.7 Å². The molecule has 2 rings (SSSR count). The van der Waals surface area contributed by atoms with Crippen molar-refractivity contribution in [2.45, 2.75) is 63.8 Å². The molecule has 3 unspecified atom stereocenters. The van der Waals surface area contributed by atoms with Gasteiger partial charge in [0.25, 0.3) is 0 Å². The van der Waals surface area contributed by atoms with Gasteiger partial charge in [-0.25, -0.2) is 0 Å². The van der Waals surface area contributed by atoms with E-state index in [9.17, 15) is 9.00 Å². The summed E-state index contributed by atoms with van der Waals surface area (Å²) >= 11 is 0. The van der Waals surface area contributed by atoms with Crippen molar-refractivity contribution in [2.24, 2.45) is 4.99 Å². The highest BCUT2D eigenvalue weighted by Gasteiger charge is 2.26. The van der Waals surface area contributed by atoms with Crippen LogP contribution in [0, 0.1) is 0 Å². The number of benzene rings is 1. The minimum Gasteiger partial charge on any atom is -0.357 e. The van der Waals surface area contributed by atoms with E-state index in [1.807, 2.05) is 51.2 Å². The van der Waals surface area contributed by atoms with Crippen LogP contribution in [0.1, 0.15) is 51.5 Å². The van der Waals surface area contributed by atoms with Gasteiger partial charge in [0.05, 0.1) is 6.54 Å². The molecular weight excluding hydrogens is 384 g/mol. The molecule has 29 heavy (non-hydrogen) atoms. The second kappa shape index (κ2) is 12.6. The molecule has 1 aromatic rings. The Labute approximate surface area is 178 Å². The molecule has 0 heterocycles. The zero-order valence-corrected chi connectivity index (χ0v) is 18.8. The Kier molecular flexibility index (Phi) is 10.2. The Morgan fingerprint density at radius 2 is 2.00 bits per heavy atom. The van der Waals surface area contributed by atoms with Crippen LogP contribution in [0.25, 0.3) is 0 Å². The Balaban J connectivity index is 1.83. The van der Waals surface area contributed by atoms with Gasteiger partial charge in [-0.3, -0.25) is 14.0 Å². The van der Waals surface area contributed by atoms with E-state index in [-0.39, 0.29) is 11.2 Å². The molecule has 6 nitrogen and oxygen atoms in total. The third-order valence-corrected chi connectivity index (χ3v) is 6.99. The fraction of sp³-hybridized carbons (Fsp3) is 0.636. The van der Waals surface area contributed by atoms with Gasteiger partial charge in [0, 0.05) is 54.4 Å². The highest BCUT2D eigenvalue weighted by atomic mass is 32.2. The van der Waals surface area contributed by atoms with Crippen LogP contribution in [-0.2, 0) is 22.1 Å². The molecule has 2 N–H and O–H groups in total. The number of carbonyl (C=O) groups excluding carboxylic acids is 1. The monoisotopic (exact) mass is 420 g/mol. The van der Waals surface area contributed by atoms with E-state index in [1.54, 1.807) is 4.90 Å². The molecule has 0 bridgehead atoms. The largest absolute Gasteiger partial charge is 0.357 e. The molecular formula is C22H36N4O2S. The number of amides is 1. The zero-order chi connectivity index (χ0) is 21.1. The topological polar surface area (TPSA) is 73.8 Å². The number of nitrogens with one attached hydrogen (secondary N) is 2. The van der Waals surface area contributed by atoms with Crippen LogP contribution in [0.2, 0.25) is 0 Å². The van der Waals surface area contributed by atoms with Gasteiger partial charge in [-0.15, -0.1) is 0 Å². The van der Waals surface area contributed by atoms with E-state index in [2.05, 4.69) is 15.6 Å². The molecule has 1 aliphatic rings. The maximum Gasteiger partial charge on any atom is 0.224 e. The molecule has 1 fully saturated rings. The lowest BCUT2D eigenvalue weighted by atomic mass is 9.95. The van der Waals surface area contributed by atoms with Gasteiger partial charge in [-0.05, 0) is 31.7 Å². The zero-order valence-electron chi connectivity index (χ0n) is 18.0. The van der Waals surface area contributed by atoms with E-state index < -0.39 is 10.8 Å². The summed E-state index contributed by atoms with van der Waals surface area (Å²) < 4.78 is 12.2. The molecule has 1 aromatic carbocycles. The standard InChI is InChI=1S/C22H36N4O2S/c1-4-23-22(25-19-12-9-13-20(16-19)29(28)5-2)24-15-14-21(27)26(3)17-18-10-7-6-8-11-18/h6-8,10-11,19-20H,4-5,9,12-17H2,1-3H3,(H2,23,24,25). The van der Waals surface area contributed by atoms with Crippen LogP contribution >= 0.6 is 0 Å². The van der Waals surface area contributed by atoms with E-state index in [1.165, 1.54) is 0 Å². The fourth-order valence-electron chi connectivity index (χ4n) is 3.66. The Hall–Kier alpha value is -1.89. The average Bonchev–Trinajstić information content (AvgIpc) is 2.74. The quantitative estimate of drug-likeness (QED) is 0.476. The molecule has 1 saturated carbocycles. The SMILES string of the molecule is CCNC(=NCCC(=O)N(C)Cc1ccccc1)NC1CCCC(S(=O)CC)C1. The van der Waals surface area contributed by atoms with Crippen molar-refractivity contribution in [1.82, 2.24) is 15.5 Å². The fourth-order valence-corrected chi connectivity index (χ4v) is 5.01. The van der Waals surface area contributed by atoms with Gasteiger partial charge < -0.3 is 15.5 Å². The number of aliphatic imine (C=N–C) groups is 1. The summed E-state index contributed by atoms with van der Waals surface area (Å²) in [5.74, 6) is 1.56. The Morgan fingerprint density at radius 1 is 1.24 bits per heavy atom. The Morgan fingerprint density at radius 3 is 2.69 bits per heavy atom. The molecule has 0 spiro atoms. The second-order valence-corrected chi connectivity index (χ2v) is 9.55. The first-order valence-electron chi connectivity index (χ1n) is 10.7. The van der Waals surface area contributed by atoms with E-state index in [0.717, 1.165) is 49.5 Å². The lowest BCUT2D eigenvalue weighted by Crippen LogP contribution is -2.46. The molecule has 3 atom stereocenters. The summed E-state index contributed by atoms with van der Waals surface area (Å²) in [5.41, 5.74) is 1.12. The van der Waals surface area contributed by atoms with Crippen molar-refractivity contribution < 1.29 is 9.00 Å². The minimum atomic E-state index is -0.737. The van der Waals surface area contributed by atoms with E-state index >= 15 is 0 Å². The van der Waals surface area contributed by atoms with Crippen molar-refractivity contribution in [1.29, 1.82) is 0 Å². The third-order valence-electron chi connectivity index (χ3n) is 5.25. The first kappa shape index (κ1) is 23.4. The first-order valence-corrected chi connectivity index (χ1v) is 12.1. The highest BCUT2D eigenvalue weighted by Crippen LogP contribution is 2.23. The highest BCUT2D eigenvalue weighted by molar-refractivity contribution is 7.85. The maximum absolute atomic E-state index is 12.4. The Bertz CT molecular complexity index is 681. The second-order valence-electron chi connectivity index (χ2n) is 7.55. The van der Waals surface area contributed by atoms with Gasteiger partial charge in [-0.2, -0.15) is 0 Å². The van der Waals surface area contributed by atoms with Gasteiger partial charge >= 0.3 is 0 Å². The minimum absolute atomic E-state index is 0.0875. The molecule has 0 saturated heterocycles. The van der Waals surface area contributed by atoms with Crippen molar-refractivity contribution >= 4 is 22.7 Å². The predicted octanol–water partition coefficient (Wildman–Crippen LogP) is 2.67. The van der Waals surface area contributed by atoms with Crippen LogP contribution in [0.4, 0.5) is 0 Å². The predicted molar refractivity (Wildman–Crippen MR) is 121 cm³/mol. The van der Waals surface area contributed by atoms with Crippen LogP contribution in [0.3, 0.4) is 0 Å². The van der Waals surface area contributed by atoms with Gasteiger partial charge in [0.15, 0.2) is 5.96 Å². The van der Waals surface area contributed by atoms with E-state index in [0.29, 0.717) is 25.6 Å². The van der Waals surface area contributed by atoms with Crippen LogP contribution in [0.15, 0.2) is 35.3 Å². The van der Waals surface area contributed by atoms with Crippen molar-refractivity contribution in [3.8, 4) is 0 Å². The summed E-state index contributed by atoms with van der Waals surface area (Å²) in [7, 11) is 1.09. The summed E-state index contributed by atoms with van der Waals surface area (Å²) in [6.45, 7) is 5.85. The molecule has 1 amide bonds. The lowest BCUT2D eigenvalue weighted by Gasteiger charge is -2.30. The van der Waals surface area contributed by atoms with E-state index in [4.69, 9.17) is 0 Å². The summed E-state index contributed by atoms with van der Waals surface area (Å²) in [6.07, 6.45) is 4.52. The third kappa shape index (κ3) is 8.17. The number of hydrogen-bond donors (Lipinski definition) is 2. The van der Waals surface area contributed by atoms with Crippen LogP contribution in [0.5, 0.6) is 0 Å². The summed E-state index contributed by atoms with van der Waals surface area (Å²) in [6, 6.07) is 10.3. The number of guanidine groups is 1. The summed E-state index contributed by atoms with van der Waals surface area (Å²) in [4.78, 5) is 18.8. The number of rotatable bonds is 9. The number of nitrogens with zero attached hydrogens (tertiary/aromatic N) is 2. The smallest absolute Gasteiger partial charge is 0.224 e. The van der Waals surface area contributed by atoms with Gasteiger partial charge in [0.2, 0.25) is 5.91 Å². The molecule has 7 heteroatoms. The van der Waals surface area contributed by atoms with Crippen LogP contribution in [-0.4, -0.2) is 58.2 Å². The molecule has 0 aromatic heterocycles. The van der Waals surface area contributed by atoms with Gasteiger partial charge in [0.1, 0.15) is 0 Å². The molecule has 0 radical (unpaired) electrons. The average molecular weight is 421 g/mol.